The molecule has 1 aliphatic rings. The minimum absolute atomic E-state index is 0.307. The average Bonchev–Trinajstić information content (AvgIpc) is 3.04. The van der Waals surface area contributed by atoms with Gasteiger partial charge in [0.1, 0.15) is 0 Å². The van der Waals surface area contributed by atoms with Gasteiger partial charge in [0.2, 0.25) is 5.75 Å². The normalized spacial score (nSPS) is 15.9. The van der Waals surface area contributed by atoms with Crippen molar-refractivity contribution in [2.24, 2.45) is 5.10 Å². The largest absolute Gasteiger partial charge is 0.493 e. The molecule has 0 atom stereocenters. The molecule has 0 radical (unpaired) electrons. The van der Waals surface area contributed by atoms with Crippen LogP contribution >= 0.6 is 11.8 Å². The van der Waals surface area contributed by atoms with Crippen LogP contribution in [0.5, 0.6) is 17.2 Å². The van der Waals surface area contributed by atoms with E-state index in [1.165, 1.54) is 21.3 Å². The van der Waals surface area contributed by atoms with E-state index in [0.29, 0.717) is 22.8 Å². The SMILES string of the molecule is COc1cc(C(=O)NN=C2CCSC2)cc(OC)c1OC. The summed E-state index contributed by atoms with van der Waals surface area (Å²) in [6.07, 6.45) is 0.917. The highest BCUT2D eigenvalue weighted by Gasteiger charge is 2.17. The molecule has 0 unspecified atom stereocenters. The molecule has 1 aromatic rings. The number of carbonyl (C=O) groups is 1. The molecular formula is C14H18N2O4S. The van der Waals surface area contributed by atoms with Gasteiger partial charge in [0.25, 0.3) is 5.91 Å². The first kappa shape index (κ1) is 15.5. The van der Waals surface area contributed by atoms with E-state index in [-0.39, 0.29) is 5.91 Å². The Morgan fingerprint density at radius 3 is 2.33 bits per heavy atom. The molecule has 1 heterocycles. The van der Waals surface area contributed by atoms with Crippen LogP contribution in [0.1, 0.15) is 16.8 Å². The molecule has 0 bridgehead atoms. The summed E-state index contributed by atoms with van der Waals surface area (Å²) in [5.74, 6) is 2.94. The quantitative estimate of drug-likeness (QED) is 0.842. The van der Waals surface area contributed by atoms with Crippen molar-refractivity contribution in [3.63, 3.8) is 0 Å². The number of nitrogens with one attached hydrogen (secondary N) is 1. The molecule has 7 heteroatoms. The molecule has 0 spiro atoms. The van der Waals surface area contributed by atoms with Gasteiger partial charge in [-0.25, -0.2) is 5.43 Å². The van der Waals surface area contributed by atoms with Gasteiger partial charge in [-0.05, 0) is 24.3 Å². The lowest BCUT2D eigenvalue weighted by molar-refractivity contribution is 0.0954. The van der Waals surface area contributed by atoms with Crippen molar-refractivity contribution in [1.29, 1.82) is 0 Å². The zero-order valence-electron chi connectivity index (χ0n) is 12.3. The molecule has 1 N–H and O–H groups in total. The van der Waals surface area contributed by atoms with E-state index in [9.17, 15) is 4.79 Å². The van der Waals surface area contributed by atoms with Crippen molar-refractivity contribution in [2.45, 2.75) is 6.42 Å². The fourth-order valence-corrected chi connectivity index (χ4v) is 2.92. The lowest BCUT2D eigenvalue weighted by Gasteiger charge is -2.13. The van der Waals surface area contributed by atoms with Crippen LogP contribution in [0.2, 0.25) is 0 Å². The first-order chi connectivity index (χ1) is 10.2. The van der Waals surface area contributed by atoms with E-state index in [1.54, 1.807) is 12.1 Å². The highest BCUT2D eigenvalue weighted by Crippen LogP contribution is 2.38. The van der Waals surface area contributed by atoms with Crippen molar-refractivity contribution in [2.75, 3.05) is 32.8 Å². The minimum atomic E-state index is -0.307. The van der Waals surface area contributed by atoms with Gasteiger partial charge in [-0.2, -0.15) is 16.9 Å². The van der Waals surface area contributed by atoms with Gasteiger partial charge >= 0.3 is 0 Å². The maximum Gasteiger partial charge on any atom is 0.271 e. The zero-order valence-corrected chi connectivity index (χ0v) is 13.1. The Hall–Kier alpha value is -1.89. The van der Waals surface area contributed by atoms with Gasteiger partial charge in [-0.1, -0.05) is 0 Å². The minimum Gasteiger partial charge on any atom is -0.493 e. The van der Waals surface area contributed by atoms with E-state index in [1.807, 2.05) is 11.8 Å². The predicted molar refractivity (Wildman–Crippen MR) is 82.9 cm³/mol. The van der Waals surface area contributed by atoms with Crippen molar-refractivity contribution in [3.8, 4) is 17.2 Å². The monoisotopic (exact) mass is 310 g/mol. The van der Waals surface area contributed by atoms with E-state index in [4.69, 9.17) is 14.2 Å². The highest BCUT2D eigenvalue weighted by molar-refractivity contribution is 8.00. The second kappa shape index (κ2) is 7.21. The lowest BCUT2D eigenvalue weighted by Crippen LogP contribution is -2.20. The zero-order chi connectivity index (χ0) is 15.2. The Kier molecular flexibility index (Phi) is 5.32. The summed E-state index contributed by atoms with van der Waals surface area (Å²) in [7, 11) is 4.54. The second-order valence-electron chi connectivity index (χ2n) is 4.34. The van der Waals surface area contributed by atoms with Crippen LogP contribution < -0.4 is 19.6 Å². The third-order valence-electron chi connectivity index (χ3n) is 3.05. The van der Waals surface area contributed by atoms with Gasteiger partial charge in [-0.3, -0.25) is 4.79 Å². The Bertz CT molecular complexity index is 527. The molecule has 1 amide bonds. The van der Waals surface area contributed by atoms with Gasteiger partial charge in [0, 0.05) is 17.0 Å². The number of benzene rings is 1. The summed E-state index contributed by atoms with van der Waals surface area (Å²) in [5, 5.41) is 4.14. The Morgan fingerprint density at radius 2 is 1.86 bits per heavy atom. The maximum atomic E-state index is 12.2. The molecule has 21 heavy (non-hydrogen) atoms. The van der Waals surface area contributed by atoms with Gasteiger partial charge in [0.15, 0.2) is 11.5 Å². The number of ether oxygens (including phenoxy) is 3. The number of nitrogens with zero attached hydrogens (tertiary/aromatic N) is 1. The van der Waals surface area contributed by atoms with E-state index in [0.717, 1.165) is 23.6 Å². The topological polar surface area (TPSA) is 69.2 Å². The number of carbonyl (C=O) groups excluding carboxylic acids is 1. The second-order valence-corrected chi connectivity index (χ2v) is 5.44. The molecule has 0 aromatic heterocycles. The Labute approximate surface area is 127 Å². The number of hydrogen-bond donors (Lipinski definition) is 1. The molecule has 0 aliphatic carbocycles. The van der Waals surface area contributed by atoms with Crippen molar-refractivity contribution in [1.82, 2.24) is 5.43 Å². The van der Waals surface area contributed by atoms with Crippen molar-refractivity contribution >= 4 is 23.4 Å². The van der Waals surface area contributed by atoms with Crippen molar-refractivity contribution < 1.29 is 19.0 Å². The first-order valence-corrected chi connectivity index (χ1v) is 7.58. The molecule has 1 saturated heterocycles. The molecule has 114 valence electrons. The Balaban J connectivity index is 2.22. The number of methoxy groups -OCH3 is 3. The van der Waals surface area contributed by atoms with Crippen LogP contribution in [0.4, 0.5) is 0 Å². The van der Waals surface area contributed by atoms with Gasteiger partial charge in [-0.15, -0.1) is 0 Å². The van der Waals surface area contributed by atoms with Crippen LogP contribution in [0.25, 0.3) is 0 Å². The smallest absolute Gasteiger partial charge is 0.271 e. The molecule has 0 saturated carbocycles. The standard InChI is InChI=1S/C14H18N2O4S/c1-18-11-6-9(7-12(19-2)13(11)20-3)14(17)16-15-10-4-5-21-8-10/h6-7H,4-5,8H2,1-3H3,(H,16,17). The number of hydrogen-bond acceptors (Lipinski definition) is 6. The molecule has 1 aliphatic heterocycles. The molecule has 2 rings (SSSR count). The molecule has 1 aromatic carbocycles. The summed E-state index contributed by atoms with van der Waals surface area (Å²) in [4.78, 5) is 12.2. The summed E-state index contributed by atoms with van der Waals surface area (Å²) in [5.41, 5.74) is 3.97. The van der Waals surface area contributed by atoms with Crippen LogP contribution in [0.15, 0.2) is 17.2 Å². The van der Waals surface area contributed by atoms with Crippen molar-refractivity contribution in [3.05, 3.63) is 17.7 Å². The fourth-order valence-electron chi connectivity index (χ4n) is 1.95. The summed E-state index contributed by atoms with van der Waals surface area (Å²) >= 11 is 1.81. The first-order valence-electron chi connectivity index (χ1n) is 6.43. The third kappa shape index (κ3) is 3.60. The summed E-state index contributed by atoms with van der Waals surface area (Å²) in [6, 6.07) is 3.19. The van der Waals surface area contributed by atoms with Crippen LogP contribution in [-0.2, 0) is 0 Å². The van der Waals surface area contributed by atoms with E-state index in [2.05, 4.69) is 10.5 Å². The fraction of sp³-hybridized carbons (Fsp3) is 0.429. The number of thioether (sulfide) groups is 1. The summed E-state index contributed by atoms with van der Waals surface area (Å²) < 4.78 is 15.7. The molecule has 1 fully saturated rings. The van der Waals surface area contributed by atoms with Crippen LogP contribution in [0, 0.1) is 0 Å². The molecule has 6 nitrogen and oxygen atoms in total. The molecular weight excluding hydrogens is 292 g/mol. The number of hydrazone groups is 1. The van der Waals surface area contributed by atoms with E-state index < -0.39 is 0 Å². The van der Waals surface area contributed by atoms with Gasteiger partial charge < -0.3 is 14.2 Å². The average molecular weight is 310 g/mol. The Morgan fingerprint density at radius 1 is 1.19 bits per heavy atom. The summed E-state index contributed by atoms with van der Waals surface area (Å²) in [6.45, 7) is 0. The third-order valence-corrected chi connectivity index (χ3v) is 4.08. The van der Waals surface area contributed by atoms with Crippen LogP contribution in [0.3, 0.4) is 0 Å². The maximum absolute atomic E-state index is 12.2. The lowest BCUT2D eigenvalue weighted by atomic mass is 10.1. The number of rotatable bonds is 5. The predicted octanol–water partition coefficient (Wildman–Crippen LogP) is 1.94. The highest BCUT2D eigenvalue weighted by atomic mass is 32.2. The number of amides is 1. The van der Waals surface area contributed by atoms with Gasteiger partial charge in [0.05, 0.1) is 21.3 Å². The van der Waals surface area contributed by atoms with E-state index >= 15 is 0 Å². The van der Waals surface area contributed by atoms with Crippen LogP contribution in [-0.4, -0.2) is 44.5 Å².